The molecule has 1 aliphatic heterocycles. The summed E-state index contributed by atoms with van der Waals surface area (Å²) in [7, 11) is 0. The number of unbranched alkanes of at least 4 members (excludes halogenated alkanes) is 1. The molecular formula is C16H26O5. The predicted octanol–water partition coefficient (Wildman–Crippen LogP) is 2.32. The van der Waals surface area contributed by atoms with Crippen LogP contribution in [0.5, 0.6) is 0 Å². The Labute approximate surface area is 126 Å². The highest BCUT2D eigenvalue weighted by Crippen LogP contribution is 2.48. The van der Waals surface area contributed by atoms with E-state index in [0.717, 1.165) is 19.3 Å². The van der Waals surface area contributed by atoms with Crippen LogP contribution in [0, 0.1) is 17.8 Å². The van der Waals surface area contributed by atoms with Crippen LogP contribution in [0.15, 0.2) is 0 Å². The molecule has 5 nitrogen and oxygen atoms in total. The van der Waals surface area contributed by atoms with Gasteiger partial charge in [-0.2, -0.15) is 0 Å². The summed E-state index contributed by atoms with van der Waals surface area (Å²) >= 11 is 0. The highest BCUT2D eigenvalue weighted by Gasteiger charge is 2.56. The van der Waals surface area contributed by atoms with Gasteiger partial charge in [0.1, 0.15) is 12.2 Å². The minimum absolute atomic E-state index is 0.105. The Kier molecular flexibility index (Phi) is 5.25. The van der Waals surface area contributed by atoms with Gasteiger partial charge in [0.25, 0.3) is 0 Å². The lowest BCUT2D eigenvalue weighted by Crippen LogP contribution is -2.40. The largest absolute Gasteiger partial charge is 0.463 e. The summed E-state index contributed by atoms with van der Waals surface area (Å²) < 4.78 is 16.1. The minimum atomic E-state index is -0.388. The smallest absolute Gasteiger partial charge is 0.310 e. The fourth-order valence-electron chi connectivity index (χ4n) is 3.55. The Bertz CT molecular complexity index is 394. The van der Waals surface area contributed by atoms with Gasteiger partial charge in [0.15, 0.2) is 0 Å². The van der Waals surface area contributed by atoms with E-state index in [1.807, 2.05) is 13.8 Å². The quantitative estimate of drug-likeness (QED) is 0.533. The van der Waals surface area contributed by atoms with Crippen molar-refractivity contribution in [3.05, 3.63) is 0 Å². The highest BCUT2D eigenvalue weighted by molar-refractivity contribution is 5.84. The van der Waals surface area contributed by atoms with Crippen LogP contribution < -0.4 is 0 Å². The molecule has 1 heterocycles. The normalized spacial score (nSPS) is 34.6. The van der Waals surface area contributed by atoms with Crippen LogP contribution in [-0.4, -0.2) is 37.4 Å². The summed E-state index contributed by atoms with van der Waals surface area (Å²) in [4.78, 5) is 24.2. The molecule has 2 aliphatic rings. The van der Waals surface area contributed by atoms with Gasteiger partial charge in [-0.1, -0.05) is 20.3 Å². The first-order chi connectivity index (χ1) is 9.97. The third-order valence-electron chi connectivity index (χ3n) is 4.49. The van der Waals surface area contributed by atoms with E-state index in [9.17, 15) is 9.59 Å². The lowest BCUT2D eigenvalue weighted by molar-refractivity contribution is -0.158. The van der Waals surface area contributed by atoms with Crippen LogP contribution in [-0.2, 0) is 23.8 Å². The maximum atomic E-state index is 12.2. The second kappa shape index (κ2) is 6.77. The molecule has 0 aromatic heterocycles. The Hall–Kier alpha value is -1.10. The molecule has 5 heteroatoms. The van der Waals surface area contributed by atoms with Crippen molar-refractivity contribution in [3.63, 3.8) is 0 Å². The summed E-state index contributed by atoms with van der Waals surface area (Å²) in [6, 6.07) is 0. The van der Waals surface area contributed by atoms with Gasteiger partial charge < -0.3 is 14.2 Å². The van der Waals surface area contributed by atoms with Crippen molar-refractivity contribution >= 4 is 11.9 Å². The number of rotatable bonds is 7. The number of carbonyl (C=O) groups is 2. The molecule has 1 aliphatic carbocycles. The highest BCUT2D eigenvalue weighted by atomic mass is 16.6. The second-order valence-corrected chi connectivity index (χ2v) is 6.52. The minimum Gasteiger partial charge on any atom is -0.463 e. The van der Waals surface area contributed by atoms with Gasteiger partial charge in [0, 0.05) is 13.0 Å². The van der Waals surface area contributed by atoms with Crippen molar-refractivity contribution in [2.24, 2.45) is 17.8 Å². The SMILES string of the molecule is CCCCOCCOC(=O)[C@H]1[C@H](C)C[C@@]2(C)C[C@@H]1C(=O)O2. The molecule has 0 unspecified atom stereocenters. The molecule has 1 saturated heterocycles. The molecule has 120 valence electrons. The molecule has 2 fully saturated rings. The van der Waals surface area contributed by atoms with Crippen molar-refractivity contribution < 1.29 is 23.8 Å². The number of hydrogen-bond donors (Lipinski definition) is 0. The summed E-state index contributed by atoms with van der Waals surface area (Å²) in [6.45, 7) is 7.41. The predicted molar refractivity (Wildman–Crippen MR) is 76.6 cm³/mol. The molecule has 0 aromatic rings. The molecule has 2 rings (SSSR count). The zero-order chi connectivity index (χ0) is 15.5. The van der Waals surface area contributed by atoms with Gasteiger partial charge in [-0.25, -0.2) is 0 Å². The maximum Gasteiger partial charge on any atom is 0.310 e. The second-order valence-electron chi connectivity index (χ2n) is 6.52. The van der Waals surface area contributed by atoms with Crippen LogP contribution in [0.1, 0.15) is 46.5 Å². The molecule has 0 radical (unpaired) electrons. The van der Waals surface area contributed by atoms with Crippen LogP contribution in [0.25, 0.3) is 0 Å². The number of hydrogen-bond acceptors (Lipinski definition) is 5. The van der Waals surface area contributed by atoms with Crippen LogP contribution >= 0.6 is 0 Å². The van der Waals surface area contributed by atoms with E-state index in [1.165, 1.54) is 0 Å². The molecular weight excluding hydrogens is 272 g/mol. The van der Waals surface area contributed by atoms with Crippen molar-refractivity contribution in [1.29, 1.82) is 0 Å². The molecule has 4 atom stereocenters. The number of carbonyl (C=O) groups excluding carboxylic acids is 2. The molecule has 0 aromatic carbocycles. The van der Waals surface area contributed by atoms with Gasteiger partial charge in [-0.05, 0) is 25.7 Å². The maximum absolute atomic E-state index is 12.2. The van der Waals surface area contributed by atoms with E-state index in [-0.39, 0.29) is 41.9 Å². The Morgan fingerprint density at radius 1 is 1.33 bits per heavy atom. The number of fused-ring (bicyclic) bond motifs is 2. The van der Waals surface area contributed by atoms with Gasteiger partial charge in [0.2, 0.25) is 0 Å². The topological polar surface area (TPSA) is 61.8 Å². The van der Waals surface area contributed by atoms with E-state index in [0.29, 0.717) is 19.6 Å². The Morgan fingerprint density at radius 2 is 2.10 bits per heavy atom. The lowest BCUT2D eigenvalue weighted by atomic mass is 9.69. The third kappa shape index (κ3) is 3.76. The van der Waals surface area contributed by atoms with Crippen LogP contribution in [0.4, 0.5) is 0 Å². The molecule has 0 spiro atoms. The van der Waals surface area contributed by atoms with Crippen molar-refractivity contribution in [1.82, 2.24) is 0 Å². The molecule has 2 bridgehead atoms. The van der Waals surface area contributed by atoms with Crippen molar-refractivity contribution in [2.75, 3.05) is 19.8 Å². The van der Waals surface area contributed by atoms with E-state index in [2.05, 4.69) is 6.92 Å². The van der Waals surface area contributed by atoms with Crippen molar-refractivity contribution in [2.45, 2.75) is 52.1 Å². The fourth-order valence-corrected chi connectivity index (χ4v) is 3.55. The van der Waals surface area contributed by atoms with E-state index in [1.54, 1.807) is 0 Å². The fraction of sp³-hybridized carbons (Fsp3) is 0.875. The summed E-state index contributed by atoms with van der Waals surface area (Å²) in [5.41, 5.74) is -0.388. The molecule has 0 amide bonds. The lowest BCUT2D eigenvalue weighted by Gasteiger charge is -2.34. The number of ether oxygens (including phenoxy) is 3. The zero-order valence-electron chi connectivity index (χ0n) is 13.2. The van der Waals surface area contributed by atoms with Crippen LogP contribution in [0.2, 0.25) is 0 Å². The molecule has 1 saturated carbocycles. The summed E-state index contributed by atoms with van der Waals surface area (Å²) in [5.74, 6) is -1.14. The Morgan fingerprint density at radius 3 is 2.81 bits per heavy atom. The molecule has 0 N–H and O–H groups in total. The Balaban J connectivity index is 1.80. The summed E-state index contributed by atoms with van der Waals surface area (Å²) in [6.07, 6.45) is 3.45. The van der Waals surface area contributed by atoms with Gasteiger partial charge in [0.05, 0.1) is 18.4 Å². The van der Waals surface area contributed by atoms with E-state index >= 15 is 0 Å². The average Bonchev–Trinajstić information content (AvgIpc) is 2.64. The van der Waals surface area contributed by atoms with E-state index in [4.69, 9.17) is 14.2 Å². The van der Waals surface area contributed by atoms with E-state index < -0.39 is 0 Å². The average molecular weight is 298 g/mol. The monoisotopic (exact) mass is 298 g/mol. The number of esters is 2. The first-order valence-corrected chi connectivity index (χ1v) is 7.94. The van der Waals surface area contributed by atoms with Crippen LogP contribution in [0.3, 0.4) is 0 Å². The first kappa shape index (κ1) is 16.3. The first-order valence-electron chi connectivity index (χ1n) is 7.94. The van der Waals surface area contributed by atoms with Gasteiger partial charge in [-0.3, -0.25) is 9.59 Å². The standard InChI is InChI=1S/C16H26O5/c1-4-5-6-19-7-8-20-15(18)13-11(2)9-16(3)10-12(13)14(17)21-16/h11-13H,4-10H2,1-3H3/t11-,12+,13+,16+/m1/s1. The third-order valence-corrected chi connectivity index (χ3v) is 4.49. The summed E-state index contributed by atoms with van der Waals surface area (Å²) in [5, 5.41) is 0. The zero-order valence-corrected chi connectivity index (χ0v) is 13.2. The molecule has 21 heavy (non-hydrogen) atoms. The van der Waals surface area contributed by atoms with Gasteiger partial charge >= 0.3 is 11.9 Å². The van der Waals surface area contributed by atoms with Gasteiger partial charge in [-0.15, -0.1) is 0 Å². The van der Waals surface area contributed by atoms with Crippen molar-refractivity contribution in [3.8, 4) is 0 Å².